The third-order valence-corrected chi connectivity index (χ3v) is 2.18. The zero-order valence-corrected chi connectivity index (χ0v) is 8.97. The van der Waals surface area contributed by atoms with Crippen LogP contribution in [-0.4, -0.2) is 17.1 Å². The summed E-state index contributed by atoms with van der Waals surface area (Å²) in [6.07, 6.45) is 1.32. The highest BCUT2D eigenvalue weighted by molar-refractivity contribution is 5.90. The summed E-state index contributed by atoms with van der Waals surface area (Å²) in [6.45, 7) is 0. The molecule has 0 aliphatic rings. The second-order valence-electron chi connectivity index (χ2n) is 3.44. The molecule has 0 saturated carbocycles. The first-order valence-electron chi connectivity index (χ1n) is 5.06. The van der Waals surface area contributed by atoms with E-state index in [-0.39, 0.29) is 6.42 Å². The van der Waals surface area contributed by atoms with E-state index >= 15 is 0 Å². The SMILES string of the molecule is N#CCC(=O)N/N=C/c1cc2ccccc2[nH]1. The highest BCUT2D eigenvalue weighted by atomic mass is 16.2. The highest BCUT2D eigenvalue weighted by Gasteiger charge is 1.98. The second-order valence-corrected chi connectivity index (χ2v) is 3.44. The number of para-hydroxylation sites is 1. The second kappa shape index (κ2) is 4.94. The fourth-order valence-corrected chi connectivity index (χ4v) is 1.45. The summed E-state index contributed by atoms with van der Waals surface area (Å²) >= 11 is 0. The van der Waals surface area contributed by atoms with Crippen LogP contribution in [0.3, 0.4) is 0 Å². The Morgan fingerprint density at radius 1 is 1.53 bits per heavy atom. The lowest BCUT2D eigenvalue weighted by molar-refractivity contribution is -0.120. The first-order chi connectivity index (χ1) is 8.29. The van der Waals surface area contributed by atoms with Crippen LogP contribution in [0.5, 0.6) is 0 Å². The fraction of sp³-hybridized carbons (Fsp3) is 0.0833. The van der Waals surface area contributed by atoms with E-state index in [0.29, 0.717) is 0 Å². The molecule has 0 aliphatic carbocycles. The molecule has 5 heteroatoms. The number of nitrogens with one attached hydrogen (secondary N) is 2. The minimum Gasteiger partial charge on any atom is -0.354 e. The molecule has 0 atom stereocenters. The summed E-state index contributed by atoms with van der Waals surface area (Å²) in [5.74, 6) is -0.417. The molecular weight excluding hydrogens is 216 g/mol. The summed E-state index contributed by atoms with van der Waals surface area (Å²) in [7, 11) is 0. The minimum atomic E-state index is -0.417. The van der Waals surface area contributed by atoms with Gasteiger partial charge in [0.25, 0.3) is 5.91 Å². The molecule has 0 spiro atoms. The van der Waals surface area contributed by atoms with Crippen molar-refractivity contribution in [3.05, 3.63) is 36.0 Å². The van der Waals surface area contributed by atoms with Gasteiger partial charge in [-0.25, -0.2) is 5.43 Å². The van der Waals surface area contributed by atoms with Gasteiger partial charge in [0.05, 0.1) is 18.0 Å². The molecule has 0 aliphatic heterocycles. The van der Waals surface area contributed by atoms with Crippen LogP contribution in [-0.2, 0) is 4.79 Å². The maximum Gasteiger partial charge on any atom is 0.254 e. The van der Waals surface area contributed by atoms with Crippen molar-refractivity contribution >= 4 is 23.0 Å². The van der Waals surface area contributed by atoms with Crippen LogP contribution in [0.4, 0.5) is 0 Å². The number of carbonyl (C=O) groups is 1. The van der Waals surface area contributed by atoms with Crippen LogP contribution >= 0.6 is 0 Å². The highest BCUT2D eigenvalue weighted by Crippen LogP contribution is 2.12. The monoisotopic (exact) mass is 226 g/mol. The molecule has 1 heterocycles. The number of nitriles is 1. The van der Waals surface area contributed by atoms with Crippen LogP contribution in [0.25, 0.3) is 10.9 Å². The van der Waals surface area contributed by atoms with Crippen molar-refractivity contribution in [2.75, 3.05) is 0 Å². The predicted molar refractivity (Wildman–Crippen MR) is 64.3 cm³/mol. The van der Waals surface area contributed by atoms with E-state index in [4.69, 9.17) is 5.26 Å². The molecule has 2 rings (SSSR count). The summed E-state index contributed by atoms with van der Waals surface area (Å²) < 4.78 is 0. The molecule has 17 heavy (non-hydrogen) atoms. The van der Waals surface area contributed by atoms with Gasteiger partial charge >= 0.3 is 0 Å². The van der Waals surface area contributed by atoms with Gasteiger partial charge in [0.15, 0.2) is 0 Å². The van der Waals surface area contributed by atoms with Gasteiger partial charge < -0.3 is 4.98 Å². The van der Waals surface area contributed by atoms with E-state index in [1.807, 2.05) is 30.3 Å². The lowest BCUT2D eigenvalue weighted by atomic mass is 10.2. The molecule has 84 valence electrons. The van der Waals surface area contributed by atoms with Crippen molar-refractivity contribution in [3.63, 3.8) is 0 Å². The summed E-state index contributed by atoms with van der Waals surface area (Å²) in [5.41, 5.74) is 4.07. The Morgan fingerprint density at radius 3 is 3.12 bits per heavy atom. The van der Waals surface area contributed by atoms with E-state index in [1.54, 1.807) is 6.07 Å². The van der Waals surface area contributed by atoms with Crippen molar-refractivity contribution in [1.29, 1.82) is 5.26 Å². The number of H-pyrrole nitrogens is 1. The fourth-order valence-electron chi connectivity index (χ4n) is 1.45. The molecule has 1 amide bonds. The van der Waals surface area contributed by atoms with Crippen LogP contribution in [0.1, 0.15) is 12.1 Å². The topological polar surface area (TPSA) is 81.0 Å². The Morgan fingerprint density at radius 2 is 2.35 bits per heavy atom. The zero-order chi connectivity index (χ0) is 12.1. The van der Waals surface area contributed by atoms with E-state index < -0.39 is 5.91 Å². The first-order valence-corrected chi connectivity index (χ1v) is 5.06. The Kier molecular flexibility index (Phi) is 3.17. The van der Waals surface area contributed by atoms with Crippen molar-refractivity contribution in [3.8, 4) is 6.07 Å². The number of benzene rings is 1. The number of amides is 1. The summed E-state index contributed by atoms with van der Waals surface area (Å²) in [6, 6.07) is 11.5. The molecule has 1 aromatic carbocycles. The number of carbonyl (C=O) groups excluding carboxylic acids is 1. The Labute approximate surface area is 97.8 Å². The molecule has 0 bridgehead atoms. The van der Waals surface area contributed by atoms with Gasteiger partial charge in [0.1, 0.15) is 6.42 Å². The van der Waals surface area contributed by atoms with E-state index in [2.05, 4.69) is 15.5 Å². The number of nitrogens with zero attached hydrogens (tertiary/aromatic N) is 2. The van der Waals surface area contributed by atoms with Crippen molar-refractivity contribution < 1.29 is 4.79 Å². The van der Waals surface area contributed by atoms with Gasteiger partial charge in [-0.05, 0) is 12.1 Å². The van der Waals surface area contributed by atoms with Crippen molar-refractivity contribution in [1.82, 2.24) is 10.4 Å². The van der Waals surface area contributed by atoms with Gasteiger partial charge in [-0.15, -0.1) is 0 Å². The molecule has 1 aromatic heterocycles. The van der Waals surface area contributed by atoms with Crippen LogP contribution < -0.4 is 5.43 Å². The Bertz CT molecular complexity index is 573. The largest absolute Gasteiger partial charge is 0.354 e. The lowest BCUT2D eigenvalue weighted by Gasteiger charge is -1.91. The number of hydrogen-bond acceptors (Lipinski definition) is 3. The van der Waals surface area contributed by atoms with Crippen LogP contribution in [0.15, 0.2) is 35.4 Å². The normalized spacial score (nSPS) is 10.5. The lowest BCUT2D eigenvalue weighted by Crippen LogP contribution is -2.16. The number of hydrogen-bond donors (Lipinski definition) is 2. The van der Waals surface area contributed by atoms with E-state index in [1.165, 1.54) is 6.21 Å². The predicted octanol–water partition coefficient (Wildman–Crippen LogP) is 1.53. The average molecular weight is 226 g/mol. The molecule has 0 unspecified atom stereocenters. The molecule has 0 fully saturated rings. The smallest absolute Gasteiger partial charge is 0.254 e. The standard InChI is InChI=1S/C12H10N4O/c13-6-5-12(17)16-14-8-10-7-9-3-1-2-4-11(9)15-10/h1-4,7-8,15H,5H2,(H,16,17)/b14-8+. The average Bonchev–Trinajstić information content (AvgIpc) is 2.71. The van der Waals surface area contributed by atoms with Crippen LogP contribution in [0.2, 0.25) is 0 Å². The molecule has 2 N–H and O–H groups in total. The van der Waals surface area contributed by atoms with E-state index in [0.717, 1.165) is 16.6 Å². The maximum absolute atomic E-state index is 10.9. The third-order valence-electron chi connectivity index (χ3n) is 2.18. The van der Waals surface area contributed by atoms with E-state index in [9.17, 15) is 4.79 Å². The van der Waals surface area contributed by atoms with Gasteiger partial charge in [-0.1, -0.05) is 18.2 Å². The number of aromatic nitrogens is 1. The number of hydrazone groups is 1. The third kappa shape index (κ3) is 2.69. The van der Waals surface area contributed by atoms with Crippen LogP contribution in [0, 0.1) is 11.3 Å². The van der Waals surface area contributed by atoms with Gasteiger partial charge in [0, 0.05) is 10.9 Å². The van der Waals surface area contributed by atoms with Gasteiger partial charge in [0.2, 0.25) is 0 Å². The Balaban J connectivity index is 2.06. The van der Waals surface area contributed by atoms with Crippen molar-refractivity contribution in [2.24, 2.45) is 5.10 Å². The summed E-state index contributed by atoms with van der Waals surface area (Å²) in [5, 5.41) is 13.1. The Hall–Kier alpha value is -2.61. The maximum atomic E-state index is 10.9. The van der Waals surface area contributed by atoms with Gasteiger partial charge in [-0.3, -0.25) is 4.79 Å². The molecule has 2 aromatic rings. The number of rotatable bonds is 3. The number of aromatic amines is 1. The minimum absolute atomic E-state index is 0.190. The molecular formula is C12H10N4O. The zero-order valence-electron chi connectivity index (χ0n) is 8.97. The van der Waals surface area contributed by atoms with Gasteiger partial charge in [-0.2, -0.15) is 10.4 Å². The molecule has 0 radical (unpaired) electrons. The molecule has 0 saturated heterocycles. The first kappa shape index (κ1) is 10.9. The summed E-state index contributed by atoms with van der Waals surface area (Å²) in [4.78, 5) is 14.1. The molecule has 5 nitrogen and oxygen atoms in total. The van der Waals surface area contributed by atoms with Crippen molar-refractivity contribution in [2.45, 2.75) is 6.42 Å². The number of fused-ring (bicyclic) bond motifs is 1. The quantitative estimate of drug-likeness (QED) is 0.614.